The lowest BCUT2D eigenvalue weighted by Gasteiger charge is -2.25. The molecule has 1 aromatic heterocycles. The first-order valence-electron chi connectivity index (χ1n) is 8.36. The van der Waals surface area contributed by atoms with E-state index in [4.69, 9.17) is 9.47 Å². The summed E-state index contributed by atoms with van der Waals surface area (Å²) in [6.07, 6.45) is 1.80. The number of aromatic amines is 1. The number of esters is 1. The third kappa shape index (κ3) is 2.77. The molecule has 1 atom stereocenters. The van der Waals surface area contributed by atoms with Gasteiger partial charge in [-0.2, -0.15) is 0 Å². The molecule has 0 aliphatic carbocycles. The monoisotopic (exact) mass is 347 g/mol. The molecule has 130 valence electrons. The molecule has 3 aromatic rings. The molecule has 2 heterocycles. The van der Waals surface area contributed by atoms with Gasteiger partial charge in [0.2, 0.25) is 0 Å². The number of pyridine rings is 1. The van der Waals surface area contributed by atoms with Gasteiger partial charge in [-0.25, -0.2) is 0 Å². The number of hydrogen-bond acceptors (Lipinski definition) is 4. The highest BCUT2D eigenvalue weighted by Gasteiger charge is 2.32. The average molecular weight is 347 g/mol. The van der Waals surface area contributed by atoms with E-state index < -0.39 is 0 Å². The van der Waals surface area contributed by atoms with Crippen LogP contribution in [0.2, 0.25) is 0 Å². The zero-order chi connectivity index (χ0) is 18.1. The van der Waals surface area contributed by atoms with Crippen LogP contribution in [0.1, 0.15) is 23.5 Å². The highest BCUT2D eigenvalue weighted by Crippen LogP contribution is 2.40. The van der Waals surface area contributed by atoms with Crippen molar-refractivity contribution in [2.45, 2.75) is 12.3 Å². The van der Waals surface area contributed by atoms with Gasteiger partial charge in [0.05, 0.1) is 17.5 Å². The molecule has 0 amide bonds. The number of benzene rings is 2. The van der Waals surface area contributed by atoms with Gasteiger partial charge in [-0.1, -0.05) is 36.9 Å². The van der Waals surface area contributed by atoms with Crippen LogP contribution in [0.25, 0.3) is 10.9 Å². The Morgan fingerprint density at radius 1 is 1.15 bits per heavy atom. The van der Waals surface area contributed by atoms with Crippen LogP contribution >= 0.6 is 0 Å². The summed E-state index contributed by atoms with van der Waals surface area (Å²) in [6, 6.07) is 14.7. The molecule has 0 bridgehead atoms. The normalized spacial score (nSPS) is 16.0. The van der Waals surface area contributed by atoms with Gasteiger partial charge in [-0.15, -0.1) is 0 Å². The van der Waals surface area contributed by atoms with Crippen LogP contribution < -0.4 is 15.0 Å². The van der Waals surface area contributed by atoms with E-state index in [-0.39, 0.29) is 23.9 Å². The largest absolute Gasteiger partial charge is 0.490 e. The van der Waals surface area contributed by atoms with E-state index in [1.807, 2.05) is 42.5 Å². The molecule has 1 N–H and O–H groups in total. The Balaban J connectivity index is 1.82. The molecular weight excluding hydrogens is 330 g/mol. The fraction of sp³-hybridized carbons (Fsp3) is 0.143. The molecule has 0 fully saturated rings. The van der Waals surface area contributed by atoms with Crippen molar-refractivity contribution in [2.24, 2.45) is 0 Å². The third-order valence-electron chi connectivity index (χ3n) is 4.49. The van der Waals surface area contributed by atoms with Crippen molar-refractivity contribution < 1.29 is 14.3 Å². The molecule has 26 heavy (non-hydrogen) atoms. The van der Waals surface area contributed by atoms with Crippen LogP contribution in [0.15, 0.2) is 66.0 Å². The van der Waals surface area contributed by atoms with Gasteiger partial charge < -0.3 is 14.5 Å². The Labute approximate surface area is 149 Å². The minimum absolute atomic E-state index is 0.126. The van der Waals surface area contributed by atoms with Crippen LogP contribution in [0.4, 0.5) is 0 Å². The van der Waals surface area contributed by atoms with E-state index >= 15 is 0 Å². The lowest BCUT2D eigenvalue weighted by atomic mass is 9.86. The Bertz CT molecular complexity index is 1050. The fourth-order valence-electron chi connectivity index (χ4n) is 3.31. The van der Waals surface area contributed by atoms with Gasteiger partial charge in [0.25, 0.3) is 5.56 Å². The van der Waals surface area contributed by atoms with E-state index in [2.05, 4.69) is 11.6 Å². The number of fused-ring (bicyclic) bond motifs is 3. The molecule has 0 saturated heterocycles. The van der Waals surface area contributed by atoms with E-state index in [1.165, 1.54) is 0 Å². The summed E-state index contributed by atoms with van der Waals surface area (Å²) in [6.45, 7) is 4.04. The molecule has 1 aliphatic rings. The second-order valence-corrected chi connectivity index (χ2v) is 6.14. The van der Waals surface area contributed by atoms with Gasteiger partial charge in [0.15, 0.2) is 0 Å². The minimum atomic E-state index is -0.354. The Kier molecular flexibility index (Phi) is 4.05. The van der Waals surface area contributed by atoms with Crippen molar-refractivity contribution >= 4 is 16.9 Å². The molecule has 5 nitrogen and oxygen atoms in total. The first-order chi connectivity index (χ1) is 12.7. The van der Waals surface area contributed by atoms with Crippen LogP contribution in [-0.4, -0.2) is 17.6 Å². The number of aromatic nitrogens is 1. The lowest BCUT2D eigenvalue weighted by Crippen LogP contribution is -2.28. The van der Waals surface area contributed by atoms with E-state index in [1.54, 1.807) is 12.1 Å². The van der Waals surface area contributed by atoms with Gasteiger partial charge in [0.1, 0.15) is 18.1 Å². The molecule has 4 rings (SSSR count). The van der Waals surface area contributed by atoms with Gasteiger partial charge in [-0.05, 0) is 29.8 Å². The Morgan fingerprint density at radius 2 is 1.92 bits per heavy atom. The molecule has 5 heteroatoms. The second-order valence-electron chi connectivity index (χ2n) is 6.14. The topological polar surface area (TPSA) is 68.4 Å². The quantitative estimate of drug-likeness (QED) is 0.579. The first-order valence-corrected chi connectivity index (χ1v) is 8.36. The molecular formula is C21H17NO4. The van der Waals surface area contributed by atoms with Crippen molar-refractivity contribution in [3.63, 3.8) is 0 Å². The van der Waals surface area contributed by atoms with Gasteiger partial charge in [0, 0.05) is 11.3 Å². The SMILES string of the molecule is C=CCOc1ccc(C2CC(=O)Oc3c2c(=O)[nH]c2ccccc32)cc1. The molecule has 2 aromatic carbocycles. The number of para-hydroxylation sites is 1. The molecule has 0 radical (unpaired) electrons. The van der Waals surface area contributed by atoms with E-state index in [0.717, 1.165) is 10.9 Å². The van der Waals surface area contributed by atoms with Crippen molar-refractivity contribution in [3.05, 3.63) is 82.7 Å². The van der Waals surface area contributed by atoms with Crippen LogP contribution in [0.3, 0.4) is 0 Å². The average Bonchev–Trinajstić information content (AvgIpc) is 2.66. The van der Waals surface area contributed by atoms with Crippen molar-refractivity contribution in [1.29, 1.82) is 0 Å². The summed E-state index contributed by atoms with van der Waals surface area (Å²) < 4.78 is 11.0. The highest BCUT2D eigenvalue weighted by atomic mass is 16.5. The number of H-pyrrole nitrogens is 1. The van der Waals surface area contributed by atoms with Gasteiger partial charge in [-0.3, -0.25) is 9.59 Å². The minimum Gasteiger partial charge on any atom is -0.490 e. The summed E-state index contributed by atoms with van der Waals surface area (Å²) in [5.74, 6) is 0.371. The van der Waals surface area contributed by atoms with Gasteiger partial charge >= 0.3 is 5.97 Å². The number of ether oxygens (including phenoxy) is 2. The van der Waals surface area contributed by atoms with E-state index in [0.29, 0.717) is 29.2 Å². The number of nitrogens with one attached hydrogen (secondary N) is 1. The maximum Gasteiger partial charge on any atom is 0.312 e. The Hall–Kier alpha value is -3.34. The van der Waals surface area contributed by atoms with Crippen LogP contribution in [0, 0.1) is 0 Å². The summed E-state index contributed by atoms with van der Waals surface area (Å²) in [5.41, 5.74) is 1.78. The molecule has 0 saturated carbocycles. The first kappa shape index (κ1) is 16.1. The number of carbonyl (C=O) groups is 1. The summed E-state index contributed by atoms with van der Waals surface area (Å²) >= 11 is 0. The standard InChI is InChI=1S/C21H17NO4/c1-2-11-25-14-9-7-13(8-10-14)16-12-18(23)26-20-15-5-3-4-6-17(15)22-21(24)19(16)20/h2-10,16H,1,11-12H2,(H,22,24). The zero-order valence-corrected chi connectivity index (χ0v) is 14.0. The van der Waals surface area contributed by atoms with E-state index in [9.17, 15) is 9.59 Å². The summed E-state index contributed by atoms with van der Waals surface area (Å²) in [7, 11) is 0. The van der Waals surface area contributed by atoms with Crippen molar-refractivity contribution in [2.75, 3.05) is 6.61 Å². The molecule has 0 spiro atoms. The predicted octanol–water partition coefficient (Wildman–Crippen LogP) is 3.53. The maximum atomic E-state index is 12.7. The highest BCUT2D eigenvalue weighted by molar-refractivity contribution is 5.91. The lowest BCUT2D eigenvalue weighted by molar-refractivity contribution is -0.135. The van der Waals surface area contributed by atoms with Crippen LogP contribution in [-0.2, 0) is 4.79 Å². The maximum absolute atomic E-state index is 12.7. The fourth-order valence-corrected chi connectivity index (χ4v) is 3.31. The Morgan fingerprint density at radius 3 is 2.69 bits per heavy atom. The predicted molar refractivity (Wildman–Crippen MR) is 98.8 cm³/mol. The number of rotatable bonds is 4. The smallest absolute Gasteiger partial charge is 0.312 e. The molecule has 1 unspecified atom stereocenters. The third-order valence-corrected chi connectivity index (χ3v) is 4.49. The summed E-state index contributed by atoms with van der Waals surface area (Å²) in [5, 5.41) is 0.728. The second kappa shape index (κ2) is 6.52. The van der Waals surface area contributed by atoms with Crippen molar-refractivity contribution in [1.82, 2.24) is 4.98 Å². The van der Waals surface area contributed by atoms with Crippen molar-refractivity contribution in [3.8, 4) is 11.5 Å². The summed E-state index contributed by atoms with van der Waals surface area (Å²) in [4.78, 5) is 27.8. The zero-order valence-electron chi connectivity index (χ0n) is 14.0. The number of carbonyl (C=O) groups excluding carboxylic acids is 1. The van der Waals surface area contributed by atoms with Crippen LogP contribution in [0.5, 0.6) is 11.5 Å². The number of hydrogen-bond donors (Lipinski definition) is 1. The molecule has 1 aliphatic heterocycles.